The lowest BCUT2D eigenvalue weighted by molar-refractivity contribution is -0.133. The highest BCUT2D eigenvalue weighted by atomic mass is 32.2. The summed E-state index contributed by atoms with van der Waals surface area (Å²) in [4.78, 5) is 13.1. The molecule has 0 aromatic rings. The largest absolute Gasteiger partial charge is 0.330 e. The maximum absolute atomic E-state index is 13.1. The van der Waals surface area contributed by atoms with Crippen LogP contribution >= 0.6 is 0 Å². The second-order valence-electron chi connectivity index (χ2n) is 10.1. The van der Waals surface area contributed by atoms with E-state index in [1.54, 1.807) is 0 Å². The summed E-state index contributed by atoms with van der Waals surface area (Å²) in [7, 11) is -0.930. The van der Waals surface area contributed by atoms with Crippen LogP contribution in [0.4, 0.5) is 0 Å². The third-order valence-corrected chi connectivity index (χ3v) is 10.6. The number of nitrogens with two attached hydrogens (primary N) is 1. The molecule has 0 aliphatic heterocycles. The summed E-state index contributed by atoms with van der Waals surface area (Å²) in [6.07, 6.45) is 11.2. The number of fused-ring (bicyclic) bond motifs is 5. The highest BCUT2D eigenvalue weighted by Crippen LogP contribution is 2.66. The van der Waals surface area contributed by atoms with Crippen molar-refractivity contribution in [3.63, 3.8) is 0 Å². The monoisotopic (exact) mass is 391 g/mol. The maximum Gasteiger partial charge on any atom is 0.140 e. The molecule has 0 heterocycles. The molecule has 0 amide bonds. The SMILES string of the molecule is C=C1CC2CCCC[C@]2(C)[C@H]2CC[C@]3(CS(=O)CCCN)C(=O)CC[C@H]3[C@H]12. The van der Waals surface area contributed by atoms with Gasteiger partial charge in [-0.15, -0.1) is 0 Å². The van der Waals surface area contributed by atoms with Crippen molar-refractivity contribution < 1.29 is 9.00 Å². The molecule has 4 rings (SSSR count). The fraction of sp³-hybridized carbons (Fsp3) is 0.870. The van der Waals surface area contributed by atoms with Crippen molar-refractivity contribution in [2.24, 2.45) is 40.2 Å². The molecule has 3 nitrogen and oxygen atoms in total. The number of allylic oxidation sites excluding steroid dienone is 1. The highest BCUT2D eigenvalue weighted by Gasteiger charge is 2.62. The number of hydrogen-bond donors (Lipinski definition) is 1. The molecule has 0 aromatic heterocycles. The Bertz CT molecular complexity index is 646. The number of Topliss-reactive ketones (excluding diaryl/α,β-unsaturated/α-hetero) is 1. The minimum Gasteiger partial charge on any atom is -0.330 e. The Morgan fingerprint density at radius 3 is 2.78 bits per heavy atom. The van der Waals surface area contributed by atoms with E-state index in [1.165, 1.54) is 31.3 Å². The van der Waals surface area contributed by atoms with E-state index < -0.39 is 10.8 Å². The maximum atomic E-state index is 13.1. The Balaban J connectivity index is 1.62. The van der Waals surface area contributed by atoms with E-state index in [9.17, 15) is 9.00 Å². The van der Waals surface area contributed by atoms with E-state index in [2.05, 4.69) is 13.5 Å². The highest BCUT2D eigenvalue weighted by molar-refractivity contribution is 7.85. The van der Waals surface area contributed by atoms with Crippen molar-refractivity contribution in [3.05, 3.63) is 12.2 Å². The molecule has 4 heteroatoms. The van der Waals surface area contributed by atoms with Crippen LogP contribution in [0.25, 0.3) is 0 Å². The molecule has 0 radical (unpaired) electrons. The van der Waals surface area contributed by atoms with Gasteiger partial charge in [-0.1, -0.05) is 31.9 Å². The van der Waals surface area contributed by atoms with Crippen molar-refractivity contribution in [2.45, 2.75) is 71.1 Å². The van der Waals surface area contributed by atoms with Crippen LogP contribution in [0.1, 0.15) is 71.1 Å². The third-order valence-electron chi connectivity index (χ3n) is 8.99. The molecular formula is C23H37NO2S. The van der Waals surface area contributed by atoms with Gasteiger partial charge in [-0.05, 0) is 80.6 Å². The Morgan fingerprint density at radius 1 is 1.19 bits per heavy atom. The van der Waals surface area contributed by atoms with Gasteiger partial charge >= 0.3 is 0 Å². The Kier molecular flexibility index (Phi) is 5.44. The topological polar surface area (TPSA) is 60.2 Å². The van der Waals surface area contributed by atoms with Crippen molar-refractivity contribution in [1.29, 1.82) is 0 Å². The van der Waals surface area contributed by atoms with Gasteiger partial charge in [0.1, 0.15) is 5.78 Å². The van der Waals surface area contributed by atoms with Crippen LogP contribution in [-0.2, 0) is 15.6 Å². The summed E-state index contributed by atoms with van der Waals surface area (Å²) >= 11 is 0. The molecule has 7 atom stereocenters. The first-order chi connectivity index (χ1) is 12.9. The van der Waals surface area contributed by atoms with Gasteiger partial charge in [0.2, 0.25) is 0 Å². The zero-order chi connectivity index (χ0) is 19.2. The van der Waals surface area contributed by atoms with Gasteiger partial charge in [0, 0.05) is 34.1 Å². The molecule has 0 spiro atoms. The molecule has 27 heavy (non-hydrogen) atoms. The van der Waals surface area contributed by atoms with Gasteiger partial charge in [0.25, 0.3) is 0 Å². The molecule has 2 unspecified atom stereocenters. The summed E-state index contributed by atoms with van der Waals surface area (Å²) in [5, 5.41) is 0. The van der Waals surface area contributed by atoms with Gasteiger partial charge in [0.05, 0.1) is 0 Å². The second-order valence-corrected chi connectivity index (χ2v) is 11.7. The van der Waals surface area contributed by atoms with E-state index in [-0.39, 0.29) is 5.41 Å². The van der Waals surface area contributed by atoms with Crippen molar-refractivity contribution in [3.8, 4) is 0 Å². The first kappa shape index (κ1) is 19.8. The van der Waals surface area contributed by atoms with Gasteiger partial charge in [-0.2, -0.15) is 0 Å². The third kappa shape index (κ3) is 3.10. The van der Waals surface area contributed by atoms with Gasteiger partial charge < -0.3 is 5.73 Å². The molecular weight excluding hydrogens is 354 g/mol. The number of carbonyl (C=O) groups excluding carboxylic acids is 1. The predicted octanol–water partition coefficient (Wildman–Crippen LogP) is 4.23. The lowest BCUT2D eigenvalue weighted by Crippen LogP contribution is -2.55. The van der Waals surface area contributed by atoms with Crippen LogP contribution in [0.3, 0.4) is 0 Å². The van der Waals surface area contributed by atoms with E-state index in [0.717, 1.165) is 38.0 Å². The summed E-state index contributed by atoms with van der Waals surface area (Å²) in [6.45, 7) is 7.69. The molecule has 4 saturated carbocycles. The van der Waals surface area contributed by atoms with Crippen LogP contribution in [0.5, 0.6) is 0 Å². The van der Waals surface area contributed by atoms with Crippen molar-refractivity contribution in [1.82, 2.24) is 0 Å². The molecule has 4 fully saturated rings. The molecule has 4 aliphatic carbocycles. The van der Waals surface area contributed by atoms with Crippen LogP contribution < -0.4 is 5.73 Å². The number of hydrogen-bond acceptors (Lipinski definition) is 3. The average molecular weight is 392 g/mol. The summed E-state index contributed by atoms with van der Waals surface area (Å²) in [5.41, 5.74) is 7.13. The number of carbonyl (C=O) groups is 1. The smallest absolute Gasteiger partial charge is 0.140 e. The molecule has 2 N–H and O–H groups in total. The Labute approximate surface area is 167 Å². The lowest BCUT2D eigenvalue weighted by atomic mass is 9.44. The molecule has 0 aromatic carbocycles. The lowest BCUT2D eigenvalue weighted by Gasteiger charge is -2.60. The first-order valence-corrected chi connectivity index (χ1v) is 12.7. The number of ketones is 1. The molecule has 0 bridgehead atoms. The predicted molar refractivity (Wildman–Crippen MR) is 112 cm³/mol. The normalized spacial score (nSPS) is 45.1. The van der Waals surface area contributed by atoms with Crippen LogP contribution in [0.15, 0.2) is 12.2 Å². The van der Waals surface area contributed by atoms with Crippen LogP contribution in [-0.4, -0.2) is 28.0 Å². The minimum atomic E-state index is -0.930. The minimum absolute atomic E-state index is 0.332. The summed E-state index contributed by atoms with van der Waals surface area (Å²) in [5.74, 6) is 3.97. The van der Waals surface area contributed by atoms with E-state index in [4.69, 9.17) is 5.73 Å². The fourth-order valence-corrected chi connectivity index (χ4v) is 9.35. The number of rotatable bonds is 5. The molecule has 4 aliphatic rings. The zero-order valence-electron chi connectivity index (χ0n) is 17.0. The fourth-order valence-electron chi connectivity index (χ4n) is 7.62. The van der Waals surface area contributed by atoms with Gasteiger partial charge in [-0.3, -0.25) is 9.00 Å². The van der Waals surface area contributed by atoms with Gasteiger partial charge in [0.15, 0.2) is 0 Å². The first-order valence-electron chi connectivity index (χ1n) is 11.2. The van der Waals surface area contributed by atoms with E-state index >= 15 is 0 Å². The summed E-state index contributed by atoms with van der Waals surface area (Å²) < 4.78 is 12.8. The Hall–Kier alpha value is -0.480. The van der Waals surface area contributed by atoms with Crippen LogP contribution in [0, 0.1) is 34.5 Å². The molecule has 0 saturated heterocycles. The quantitative estimate of drug-likeness (QED) is 0.713. The second kappa shape index (κ2) is 7.40. The van der Waals surface area contributed by atoms with Crippen molar-refractivity contribution >= 4 is 16.6 Å². The summed E-state index contributed by atoms with van der Waals surface area (Å²) in [6, 6.07) is 0. The Morgan fingerprint density at radius 2 is 2.00 bits per heavy atom. The standard InChI is InChI=1S/C23H37NO2S/c1-16-14-17-6-3-4-10-22(17,2)18-9-11-23(15-27(26)13-5-12-24)19(21(16)18)7-8-20(23)25/h17-19,21H,1,3-15,24H2,2H3/t17?,18-,19-,21+,22-,23+,27?/m0/s1. The van der Waals surface area contributed by atoms with Crippen molar-refractivity contribution in [2.75, 3.05) is 18.1 Å². The zero-order valence-corrected chi connectivity index (χ0v) is 17.8. The van der Waals surface area contributed by atoms with E-state index in [1.807, 2.05) is 0 Å². The van der Waals surface area contributed by atoms with E-state index in [0.29, 0.717) is 53.4 Å². The average Bonchev–Trinajstić information content (AvgIpc) is 2.97. The molecule has 152 valence electrons. The van der Waals surface area contributed by atoms with Crippen LogP contribution in [0.2, 0.25) is 0 Å². The van der Waals surface area contributed by atoms with Gasteiger partial charge in [-0.25, -0.2) is 0 Å².